The fraction of sp³-hybridized carbons (Fsp3) is 0.0588. The van der Waals surface area contributed by atoms with E-state index >= 15 is 0 Å². The highest BCUT2D eigenvalue weighted by atomic mass is 79.9. The maximum Gasteiger partial charge on any atom is 0.338 e. The molecule has 118 valence electrons. The second-order valence-electron chi connectivity index (χ2n) is 4.79. The number of carbonyl (C=O) groups excluding carboxylic acids is 1. The van der Waals surface area contributed by atoms with Crippen molar-refractivity contribution in [2.24, 2.45) is 0 Å². The molecule has 0 spiro atoms. The molecule has 0 atom stereocenters. The van der Waals surface area contributed by atoms with E-state index in [0.717, 1.165) is 10.0 Å². The van der Waals surface area contributed by atoms with Gasteiger partial charge >= 0.3 is 5.97 Å². The molecule has 7 heteroatoms. The zero-order chi connectivity index (χ0) is 16.9. The molecular formula is C17H10BrN3O3. The summed E-state index contributed by atoms with van der Waals surface area (Å²) in [6, 6.07) is 15.7. The van der Waals surface area contributed by atoms with Gasteiger partial charge in [-0.1, -0.05) is 39.3 Å². The monoisotopic (exact) mass is 383 g/mol. The number of nitrogens with zero attached hydrogens (tertiary/aromatic N) is 3. The number of halogens is 1. The van der Waals surface area contributed by atoms with Gasteiger partial charge in [-0.3, -0.25) is 0 Å². The number of benzene rings is 2. The van der Waals surface area contributed by atoms with Crippen LogP contribution in [0.5, 0.6) is 0 Å². The number of hydrogen-bond acceptors (Lipinski definition) is 6. The Bertz CT molecular complexity index is 931. The number of nitriles is 1. The van der Waals surface area contributed by atoms with Gasteiger partial charge in [0, 0.05) is 10.0 Å². The number of esters is 1. The molecule has 0 saturated heterocycles. The molecule has 3 aromatic rings. The molecule has 0 aliphatic rings. The van der Waals surface area contributed by atoms with Gasteiger partial charge < -0.3 is 9.26 Å². The third-order valence-corrected chi connectivity index (χ3v) is 3.60. The van der Waals surface area contributed by atoms with Crippen LogP contribution in [0.1, 0.15) is 21.8 Å². The smallest absolute Gasteiger partial charge is 0.338 e. The number of rotatable bonds is 4. The van der Waals surface area contributed by atoms with Gasteiger partial charge in [0.15, 0.2) is 6.61 Å². The quantitative estimate of drug-likeness (QED) is 0.637. The molecule has 0 aliphatic heterocycles. The van der Waals surface area contributed by atoms with Crippen LogP contribution in [0.3, 0.4) is 0 Å². The molecule has 0 aliphatic carbocycles. The lowest BCUT2D eigenvalue weighted by Gasteiger charge is -2.01. The molecule has 1 aromatic heterocycles. The molecule has 0 fully saturated rings. The van der Waals surface area contributed by atoms with Crippen LogP contribution < -0.4 is 0 Å². The van der Waals surface area contributed by atoms with E-state index in [1.807, 2.05) is 30.3 Å². The Kier molecular flexibility index (Phi) is 4.68. The summed E-state index contributed by atoms with van der Waals surface area (Å²) in [6.45, 7) is -0.142. The number of carbonyl (C=O) groups is 1. The Morgan fingerprint density at radius 3 is 2.88 bits per heavy atom. The number of ether oxygens (including phenoxy) is 1. The molecule has 3 rings (SSSR count). The first-order valence-corrected chi connectivity index (χ1v) is 7.71. The molecule has 0 bridgehead atoms. The van der Waals surface area contributed by atoms with Gasteiger partial charge in [-0.25, -0.2) is 4.79 Å². The van der Waals surface area contributed by atoms with Gasteiger partial charge in [-0.15, -0.1) is 0 Å². The Balaban J connectivity index is 1.67. The summed E-state index contributed by atoms with van der Waals surface area (Å²) >= 11 is 3.38. The summed E-state index contributed by atoms with van der Waals surface area (Å²) < 4.78 is 11.1. The van der Waals surface area contributed by atoms with Crippen molar-refractivity contribution in [2.75, 3.05) is 0 Å². The Morgan fingerprint density at radius 1 is 1.25 bits per heavy atom. The van der Waals surface area contributed by atoms with Crippen LogP contribution in [0.15, 0.2) is 57.5 Å². The van der Waals surface area contributed by atoms with Crippen LogP contribution in [0, 0.1) is 11.3 Å². The molecule has 0 amide bonds. The van der Waals surface area contributed by atoms with Crippen molar-refractivity contribution in [3.05, 3.63) is 70.0 Å². The van der Waals surface area contributed by atoms with Crippen molar-refractivity contribution in [3.8, 4) is 17.5 Å². The van der Waals surface area contributed by atoms with Crippen molar-refractivity contribution < 1.29 is 14.1 Å². The van der Waals surface area contributed by atoms with E-state index in [0.29, 0.717) is 17.0 Å². The van der Waals surface area contributed by atoms with Gasteiger partial charge in [0.1, 0.15) is 0 Å². The van der Waals surface area contributed by atoms with Gasteiger partial charge in [-0.05, 0) is 30.3 Å². The molecule has 2 aromatic carbocycles. The van der Waals surface area contributed by atoms with E-state index in [-0.39, 0.29) is 12.5 Å². The molecule has 0 N–H and O–H groups in total. The summed E-state index contributed by atoms with van der Waals surface area (Å²) in [5.74, 6) is 0.0397. The lowest BCUT2D eigenvalue weighted by Crippen LogP contribution is -2.05. The standard InChI is InChI=1S/C17H10BrN3O3/c18-14-6-2-4-12(8-14)16-20-15(24-21-16)10-23-17(22)13-5-1-3-11(7-13)9-19/h1-8H,10H2. The summed E-state index contributed by atoms with van der Waals surface area (Å²) in [5, 5.41) is 12.7. The average molecular weight is 384 g/mol. The van der Waals surface area contributed by atoms with Crippen LogP contribution in [-0.2, 0) is 11.3 Å². The fourth-order valence-corrected chi connectivity index (χ4v) is 2.38. The van der Waals surface area contributed by atoms with Gasteiger partial charge in [0.05, 0.1) is 17.2 Å². The zero-order valence-electron chi connectivity index (χ0n) is 12.3. The lowest BCUT2D eigenvalue weighted by atomic mass is 10.1. The minimum atomic E-state index is -0.561. The van der Waals surface area contributed by atoms with Crippen LogP contribution >= 0.6 is 15.9 Å². The van der Waals surface area contributed by atoms with Gasteiger partial charge in [0.2, 0.25) is 5.82 Å². The van der Waals surface area contributed by atoms with E-state index in [1.54, 1.807) is 18.2 Å². The van der Waals surface area contributed by atoms with E-state index in [9.17, 15) is 4.79 Å². The maximum absolute atomic E-state index is 12.0. The van der Waals surface area contributed by atoms with Crippen LogP contribution in [0.25, 0.3) is 11.4 Å². The Hall–Kier alpha value is -2.98. The highest BCUT2D eigenvalue weighted by Crippen LogP contribution is 2.20. The normalized spacial score (nSPS) is 10.2. The number of aromatic nitrogens is 2. The molecule has 6 nitrogen and oxygen atoms in total. The first-order chi connectivity index (χ1) is 11.7. The zero-order valence-corrected chi connectivity index (χ0v) is 13.9. The van der Waals surface area contributed by atoms with Crippen molar-refractivity contribution in [1.29, 1.82) is 5.26 Å². The van der Waals surface area contributed by atoms with Crippen molar-refractivity contribution in [3.63, 3.8) is 0 Å². The molecular weight excluding hydrogens is 374 g/mol. The summed E-state index contributed by atoms with van der Waals surface area (Å²) in [7, 11) is 0. The first kappa shape index (κ1) is 15.9. The molecule has 0 unspecified atom stereocenters. The van der Waals surface area contributed by atoms with E-state index in [2.05, 4.69) is 26.1 Å². The predicted molar refractivity (Wildman–Crippen MR) is 87.7 cm³/mol. The Morgan fingerprint density at radius 2 is 2.08 bits per heavy atom. The van der Waals surface area contributed by atoms with Gasteiger partial charge in [-0.2, -0.15) is 10.2 Å². The van der Waals surface area contributed by atoms with Gasteiger partial charge in [0.25, 0.3) is 5.89 Å². The summed E-state index contributed by atoms with van der Waals surface area (Å²) in [4.78, 5) is 16.2. The lowest BCUT2D eigenvalue weighted by molar-refractivity contribution is 0.0430. The minimum Gasteiger partial charge on any atom is -0.452 e. The average Bonchev–Trinajstić information content (AvgIpc) is 3.09. The SMILES string of the molecule is N#Cc1cccc(C(=O)OCc2nc(-c3cccc(Br)c3)no2)c1. The van der Waals surface area contributed by atoms with E-state index in [4.69, 9.17) is 14.5 Å². The van der Waals surface area contributed by atoms with Crippen molar-refractivity contribution in [1.82, 2.24) is 10.1 Å². The third-order valence-electron chi connectivity index (χ3n) is 3.11. The fourth-order valence-electron chi connectivity index (χ4n) is 1.98. The number of hydrogen-bond donors (Lipinski definition) is 0. The maximum atomic E-state index is 12.0. The molecule has 24 heavy (non-hydrogen) atoms. The van der Waals surface area contributed by atoms with Crippen LogP contribution in [0.4, 0.5) is 0 Å². The molecule has 0 saturated carbocycles. The van der Waals surface area contributed by atoms with Crippen LogP contribution in [-0.4, -0.2) is 16.1 Å². The second-order valence-corrected chi connectivity index (χ2v) is 5.71. The largest absolute Gasteiger partial charge is 0.452 e. The van der Waals surface area contributed by atoms with Crippen molar-refractivity contribution in [2.45, 2.75) is 6.61 Å². The predicted octanol–water partition coefficient (Wildman–Crippen LogP) is 3.73. The highest BCUT2D eigenvalue weighted by molar-refractivity contribution is 9.10. The molecule has 1 heterocycles. The van der Waals surface area contributed by atoms with E-state index < -0.39 is 5.97 Å². The Labute approximate surface area is 145 Å². The summed E-state index contributed by atoms with van der Waals surface area (Å²) in [5.41, 5.74) is 1.47. The van der Waals surface area contributed by atoms with Crippen LogP contribution in [0.2, 0.25) is 0 Å². The minimum absolute atomic E-state index is 0.142. The van der Waals surface area contributed by atoms with Crippen molar-refractivity contribution >= 4 is 21.9 Å². The first-order valence-electron chi connectivity index (χ1n) is 6.91. The summed E-state index contributed by atoms with van der Waals surface area (Å²) in [6.07, 6.45) is 0. The topological polar surface area (TPSA) is 89.0 Å². The van der Waals surface area contributed by atoms with E-state index in [1.165, 1.54) is 6.07 Å². The molecule has 0 radical (unpaired) electrons. The third kappa shape index (κ3) is 3.67. The second kappa shape index (κ2) is 7.06. The highest BCUT2D eigenvalue weighted by Gasteiger charge is 2.13.